The van der Waals surface area contributed by atoms with E-state index < -0.39 is 0 Å². The van der Waals surface area contributed by atoms with Crippen LogP contribution in [0.2, 0.25) is 0 Å². The van der Waals surface area contributed by atoms with Gasteiger partial charge in [-0.2, -0.15) is 0 Å². The smallest absolute Gasteiger partial charge is 0.137 e. The molecular weight excluding hydrogens is 181 g/mol. The number of hydrogen-bond donors (Lipinski definition) is 1. The van der Waals surface area contributed by atoms with Crippen LogP contribution in [0.15, 0.2) is 24.3 Å². The lowest BCUT2D eigenvalue weighted by atomic mass is 10.1. The maximum absolute atomic E-state index is 13.4. The van der Waals surface area contributed by atoms with Gasteiger partial charge in [-0.15, -0.1) is 0 Å². The SMILES string of the molecule is CC1(C)COC(c2ccccc2F)N1. The quantitative estimate of drug-likeness (QED) is 0.742. The zero-order chi connectivity index (χ0) is 10.2. The lowest BCUT2D eigenvalue weighted by Crippen LogP contribution is -2.36. The number of hydrogen-bond acceptors (Lipinski definition) is 2. The molecule has 0 saturated carbocycles. The maximum atomic E-state index is 13.4. The van der Waals surface area contributed by atoms with Gasteiger partial charge in [0.2, 0.25) is 0 Å². The topological polar surface area (TPSA) is 21.3 Å². The standard InChI is InChI=1S/C11H14FNO/c1-11(2)7-14-10(13-11)8-5-3-4-6-9(8)12/h3-6,10,13H,7H2,1-2H3. The van der Waals surface area contributed by atoms with Gasteiger partial charge >= 0.3 is 0 Å². The molecule has 1 heterocycles. The second-order valence-electron chi connectivity index (χ2n) is 4.24. The molecule has 1 aromatic rings. The predicted molar refractivity (Wildman–Crippen MR) is 52.3 cm³/mol. The molecule has 0 bridgehead atoms. The molecule has 2 nitrogen and oxygen atoms in total. The summed E-state index contributed by atoms with van der Waals surface area (Å²) >= 11 is 0. The molecule has 0 aliphatic carbocycles. The first-order valence-corrected chi connectivity index (χ1v) is 4.72. The van der Waals surface area contributed by atoms with E-state index in [1.54, 1.807) is 12.1 Å². The molecule has 1 aliphatic heterocycles. The van der Waals surface area contributed by atoms with Crippen LogP contribution in [-0.4, -0.2) is 12.1 Å². The van der Waals surface area contributed by atoms with E-state index in [9.17, 15) is 4.39 Å². The fourth-order valence-corrected chi connectivity index (χ4v) is 1.59. The molecule has 1 atom stereocenters. The van der Waals surface area contributed by atoms with Gasteiger partial charge in [-0.25, -0.2) is 4.39 Å². The van der Waals surface area contributed by atoms with E-state index in [1.807, 2.05) is 19.9 Å². The van der Waals surface area contributed by atoms with Gasteiger partial charge in [-0.1, -0.05) is 18.2 Å². The Hall–Kier alpha value is -0.930. The third-order valence-electron chi connectivity index (χ3n) is 2.32. The summed E-state index contributed by atoms with van der Waals surface area (Å²) in [6.45, 7) is 4.67. The molecule has 2 rings (SSSR count). The molecule has 14 heavy (non-hydrogen) atoms. The highest BCUT2D eigenvalue weighted by Gasteiger charge is 2.32. The molecular formula is C11H14FNO. The van der Waals surface area contributed by atoms with Crippen molar-refractivity contribution in [1.29, 1.82) is 0 Å². The summed E-state index contributed by atoms with van der Waals surface area (Å²) in [5.41, 5.74) is 0.505. The van der Waals surface area contributed by atoms with Crippen LogP contribution in [0.1, 0.15) is 25.6 Å². The highest BCUT2D eigenvalue weighted by Crippen LogP contribution is 2.27. The van der Waals surface area contributed by atoms with Gasteiger partial charge in [0.1, 0.15) is 12.0 Å². The highest BCUT2D eigenvalue weighted by atomic mass is 19.1. The van der Waals surface area contributed by atoms with E-state index >= 15 is 0 Å². The summed E-state index contributed by atoms with van der Waals surface area (Å²) in [6, 6.07) is 6.69. The third kappa shape index (κ3) is 1.79. The van der Waals surface area contributed by atoms with E-state index in [2.05, 4.69) is 5.32 Å². The van der Waals surface area contributed by atoms with Crippen LogP contribution >= 0.6 is 0 Å². The molecule has 0 aromatic heterocycles. The molecule has 0 spiro atoms. The second kappa shape index (κ2) is 3.33. The van der Waals surface area contributed by atoms with Crippen LogP contribution < -0.4 is 5.32 Å². The average Bonchev–Trinajstić information content (AvgIpc) is 2.47. The van der Waals surface area contributed by atoms with Crippen molar-refractivity contribution in [2.45, 2.75) is 25.6 Å². The van der Waals surface area contributed by atoms with Crippen molar-refractivity contribution in [3.63, 3.8) is 0 Å². The normalized spacial score (nSPS) is 25.2. The van der Waals surface area contributed by atoms with E-state index in [0.29, 0.717) is 12.2 Å². The average molecular weight is 195 g/mol. The number of nitrogens with one attached hydrogen (secondary N) is 1. The van der Waals surface area contributed by atoms with Crippen molar-refractivity contribution in [1.82, 2.24) is 5.32 Å². The van der Waals surface area contributed by atoms with Crippen molar-refractivity contribution >= 4 is 0 Å². The molecule has 1 fully saturated rings. The van der Waals surface area contributed by atoms with Crippen LogP contribution in [0.5, 0.6) is 0 Å². The summed E-state index contributed by atoms with van der Waals surface area (Å²) in [5.74, 6) is -0.220. The molecule has 0 amide bonds. The lowest BCUT2D eigenvalue weighted by molar-refractivity contribution is 0.0960. The molecule has 1 saturated heterocycles. The summed E-state index contributed by atoms with van der Waals surface area (Å²) < 4.78 is 18.9. The van der Waals surface area contributed by atoms with Gasteiger partial charge in [-0.05, 0) is 19.9 Å². The number of rotatable bonds is 1. The van der Waals surface area contributed by atoms with Crippen molar-refractivity contribution in [2.24, 2.45) is 0 Å². The molecule has 1 aromatic carbocycles. The zero-order valence-corrected chi connectivity index (χ0v) is 8.38. The van der Waals surface area contributed by atoms with Gasteiger partial charge in [-0.3, -0.25) is 5.32 Å². The fourth-order valence-electron chi connectivity index (χ4n) is 1.59. The van der Waals surface area contributed by atoms with Crippen molar-refractivity contribution in [2.75, 3.05) is 6.61 Å². The molecule has 3 heteroatoms. The Morgan fingerprint density at radius 3 is 2.71 bits per heavy atom. The van der Waals surface area contributed by atoms with Crippen molar-refractivity contribution in [3.8, 4) is 0 Å². The summed E-state index contributed by atoms with van der Waals surface area (Å²) in [4.78, 5) is 0. The van der Waals surface area contributed by atoms with E-state index in [4.69, 9.17) is 4.74 Å². The second-order valence-corrected chi connectivity index (χ2v) is 4.24. The Balaban J connectivity index is 2.22. The molecule has 76 valence electrons. The Kier molecular flexibility index (Phi) is 2.29. The predicted octanol–water partition coefficient (Wildman–Crippen LogP) is 2.22. The Morgan fingerprint density at radius 2 is 2.14 bits per heavy atom. The summed E-state index contributed by atoms with van der Waals surface area (Å²) in [5, 5.41) is 3.23. The summed E-state index contributed by atoms with van der Waals surface area (Å²) in [7, 11) is 0. The largest absolute Gasteiger partial charge is 0.357 e. The molecule has 1 aliphatic rings. The van der Waals surface area contributed by atoms with Crippen LogP contribution in [0.25, 0.3) is 0 Å². The summed E-state index contributed by atoms with van der Waals surface area (Å²) in [6.07, 6.45) is -0.314. The van der Waals surface area contributed by atoms with Crippen molar-refractivity contribution in [3.05, 3.63) is 35.6 Å². The first-order valence-electron chi connectivity index (χ1n) is 4.72. The first kappa shape index (κ1) is 9.62. The number of halogens is 1. The zero-order valence-electron chi connectivity index (χ0n) is 8.38. The lowest BCUT2D eigenvalue weighted by Gasteiger charge is -2.17. The molecule has 1 N–H and O–H groups in total. The van der Waals surface area contributed by atoms with Crippen molar-refractivity contribution < 1.29 is 9.13 Å². The van der Waals surface area contributed by atoms with E-state index in [1.165, 1.54) is 6.07 Å². The van der Waals surface area contributed by atoms with Gasteiger partial charge in [0.15, 0.2) is 0 Å². The monoisotopic (exact) mass is 195 g/mol. The number of ether oxygens (including phenoxy) is 1. The van der Waals surface area contributed by atoms with Gasteiger partial charge in [0, 0.05) is 11.1 Å². The molecule has 0 radical (unpaired) electrons. The molecule has 1 unspecified atom stereocenters. The van der Waals surface area contributed by atoms with Gasteiger partial charge < -0.3 is 4.74 Å². The van der Waals surface area contributed by atoms with Crippen LogP contribution in [0.4, 0.5) is 4.39 Å². The van der Waals surface area contributed by atoms with Crippen LogP contribution in [-0.2, 0) is 4.74 Å². The minimum Gasteiger partial charge on any atom is -0.357 e. The minimum absolute atomic E-state index is 0.0764. The van der Waals surface area contributed by atoms with Gasteiger partial charge in [0.05, 0.1) is 6.61 Å². The highest BCUT2D eigenvalue weighted by molar-refractivity contribution is 5.20. The first-order chi connectivity index (χ1) is 6.58. The minimum atomic E-state index is -0.314. The van der Waals surface area contributed by atoms with E-state index in [-0.39, 0.29) is 17.6 Å². The Labute approximate surface area is 83.1 Å². The third-order valence-corrected chi connectivity index (χ3v) is 2.32. The maximum Gasteiger partial charge on any atom is 0.137 e. The van der Waals surface area contributed by atoms with Gasteiger partial charge in [0.25, 0.3) is 0 Å². The van der Waals surface area contributed by atoms with E-state index in [0.717, 1.165) is 0 Å². The van der Waals surface area contributed by atoms with Crippen LogP contribution in [0.3, 0.4) is 0 Å². The van der Waals surface area contributed by atoms with Crippen LogP contribution in [0, 0.1) is 5.82 Å². The Bertz CT molecular complexity index is 338. The Morgan fingerprint density at radius 1 is 1.43 bits per heavy atom. The fraction of sp³-hybridized carbons (Fsp3) is 0.455. The number of benzene rings is 1.